The van der Waals surface area contributed by atoms with Gasteiger partial charge >= 0.3 is 5.97 Å². The van der Waals surface area contributed by atoms with E-state index in [1.807, 2.05) is 42.5 Å². The van der Waals surface area contributed by atoms with Crippen molar-refractivity contribution in [1.82, 2.24) is 0 Å². The Kier molecular flexibility index (Phi) is 3.88. The lowest BCUT2D eigenvalue weighted by Gasteiger charge is -2.10. The Bertz CT molecular complexity index is 825. The van der Waals surface area contributed by atoms with Crippen molar-refractivity contribution in [3.63, 3.8) is 0 Å². The Labute approximate surface area is 128 Å². The minimum absolute atomic E-state index is 0.166. The Morgan fingerprint density at radius 1 is 1.00 bits per heavy atom. The molecule has 0 aliphatic carbocycles. The zero-order valence-electron chi connectivity index (χ0n) is 12.2. The molecule has 22 heavy (non-hydrogen) atoms. The van der Waals surface area contributed by atoms with Gasteiger partial charge in [0.25, 0.3) is 0 Å². The first-order valence-corrected chi connectivity index (χ1v) is 7.02. The molecule has 2 nitrogen and oxygen atoms in total. The van der Waals surface area contributed by atoms with Gasteiger partial charge in [-0.25, -0.2) is 4.39 Å². The van der Waals surface area contributed by atoms with Crippen molar-refractivity contribution in [1.29, 1.82) is 0 Å². The van der Waals surface area contributed by atoms with E-state index >= 15 is 0 Å². The van der Waals surface area contributed by atoms with Gasteiger partial charge in [0.1, 0.15) is 5.82 Å². The second kappa shape index (κ2) is 5.98. The number of esters is 1. The van der Waals surface area contributed by atoms with Crippen molar-refractivity contribution in [2.75, 3.05) is 7.11 Å². The van der Waals surface area contributed by atoms with Crippen LogP contribution in [0.25, 0.3) is 21.9 Å². The monoisotopic (exact) mass is 294 g/mol. The number of halogens is 1. The molecule has 0 aliphatic rings. The quantitative estimate of drug-likeness (QED) is 0.671. The lowest BCUT2D eigenvalue weighted by atomic mass is 9.95. The number of ether oxygens (including phenoxy) is 1. The van der Waals surface area contributed by atoms with E-state index in [1.165, 1.54) is 19.2 Å². The van der Waals surface area contributed by atoms with Gasteiger partial charge in [-0.2, -0.15) is 0 Å². The molecule has 0 N–H and O–H groups in total. The highest BCUT2D eigenvalue weighted by atomic mass is 19.1. The fourth-order valence-corrected chi connectivity index (χ4v) is 2.59. The van der Waals surface area contributed by atoms with E-state index in [9.17, 15) is 9.18 Å². The molecule has 3 aromatic carbocycles. The van der Waals surface area contributed by atoms with Crippen molar-refractivity contribution in [3.05, 3.63) is 72.0 Å². The maximum atomic E-state index is 13.5. The molecular weight excluding hydrogens is 279 g/mol. The standard InChI is InChI=1S/C19H15FO2/c1-22-19(21)12-16-10-14(13-5-3-2-4-6-13)9-15-11-17(20)7-8-18(15)16/h2-11H,12H2,1H3. The maximum Gasteiger partial charge on any atom is 0.310 e. The van der Waals surface area contributed by atoms with Crippen LogP contribution in [0.3, 0.4) is 0 Å². The highest BCUT2D eigenvalue weighted by Gasteiger charge is 2.10. The Balaban J connectivity index is 2.20. The Morgan fingerprint density at radius 3 is 2.50 bits per heavy atom. The normalized spacial score (nSPS) is 10.6. The summed E-state index contributed by atoms with van der Waals surface area (Å²) < 4.78 is 18.3. The molecular formula is C19H15FO2. The lowest BCUT2D eigenvalue weighted by molar-refractivity contribution is -0.139. The van der Waals surface area contributed by atoms with Crippen LogP contribution in [0.4, 0.5) is 4.39 Å². The van der Waals surface area contributed by atoms with Gasteiger partial charge in [0.2, 0.25) is 0 Å². The summed E-state index contributed by atoms with van der Waals surface area (Å²) >= 11 is 0. The summed E-state index contributed by atoms with van der Waals surface area (Å²) in [6.07, 6.45) is 0.166. The summed E-state index contributed by atoms with van der Waals surface area (Å²) in [4.78, 5) is 11.6. The van der Waals surface area contributed by atoms with Gasteiger partial charge in [-0.15, -0.1) is 0 Å². The third-order valence-electron chi connectivity index (χ3n) is 3.67. The van der Waals surface area contributed by atoms with E-state index in [2.05, 4.69) is 0 Å². The first-order valence-electron chi connectivity index (χ1n) is 7.02. The predicted molar refractivity (Wildman–Crippen MR) is 85.1 cm³/mol. The van der Waals surface area contributed by atoms with Gasteiger partial charge in [0.05, 0.1) is 13.5 Å². The fraction of sp³-hybridized carbons (Fsp3) is 0.105. The van der Waals surface area contributed by atoms with E-state index in [0.29, 0.717) is 0 Å². The van der Waals surface area contributed by atoms with E-state index in [0.717, 1.165) is 27.5 Å². The van der Waals surface area contributed by atoms with Crippen molar-refractivity contribution in [3.8, 4) is 11.1 Å². The van der Waals surface area contributed by atoms with Crippen LogP contribution in [-0.2, 0) is 16.0 Å². The van der Waals surface area contributed by atoms with Crippen molar-refractivity contribution in [2.45, 2.75) is 6.42 Å². The second-order valence-corrected chi connectivity index (χ2v) is 5.12. The highest BCUT2D eigenvalue weighted by molar-refractivity contribution is 5.93. The van der Waals surface area contributed by atoms with Crippen LogP contribution >= 0.6 is 0 Å². The number of carbonyl (C=O) groups is 1. The third-order valence-corrected chi connectivity index (χ3v) is 3.67. The Hall–Kier alpha value is -2.68. The number of fused-ring (bicyclic) bond motifs is 1. The minimum atomic E-state index is -0.309. The molecule has 0 unspecified atom stereocenters. The minimum Gasteiger partial charge on any atom is -0.469 e. The fourth-order valence-electron chi connectivity index (χ4n) is 2.59. The maximum absolute atomic E-state index is 13.5. The molecule has 0 amide bonds. The SMILES string of the molecule is COC(=O)Cc1cc(-c2ccccc2)cc2cc(F)ccc12. The molecule has 0 heterocycles. The predicted octanol–water partition coefficient (Wildman–Crippen LogP) is 4.36. The average molecular weight is 294 g/mol. The van der Waals surface area contributed by atoms with Gasteiger partial charge in [-0.1, -0.05) is 36.4 Å². The highest BCUT2D eigenvalue weighted by Crippen LogP contribution is 2.29. The summed E-state index contributed by atoms with van der Waals surface area (Å²) in [7, 11) is 1.37. The smallest absolute Gasteiger partial charge is 0.310 e. The molecule has 0 radical (unpaired) electrons. The molecule has 0 saturated carbocycles. The molecule has 3 aromatic rings. The molecule has 0 saturated heterocycles. The van der Waals surface area contributed by atoms with Crippen LogP contribution < -0.4 is 0 Å². The zero-order valence-corrected chi connectivity index (χ0v) is 12.2. The van der Waals surface area contributed by atoms with E-state index in [4.69, 9.17) is 4.74 Å². The molecule has 0 aliphatic heterocycles. The van der Waals surface area contributed by atoms with E-state index in [-0.39, 0.29) is 18.2 Å². The lowest BCUT2D eigenvalue weighted by Crippen LogP contribution is -2.05. The summed E-state index contributed by atoms with van der Waals surface area (Å²) in [5.41, 5.74) is 2.82. The molecule has 110 valence electrons. The van der Waals surface area contributed by atoms with Crippen LogP contribution in [0.1, 0.15) is 5.56 Å². The number of carbonyl (C=O) groups excluding carboxylic acids is 1. The van der Waals surface area contributed by atoms with Crippen LogP contribution in [0.2, 0.25) is 0 Å². The molecule has 3 heteroatoms. The summed E-state index contributed by atoms with van der Waals surface area (Å²) in [6, 6.07) is 18.3. The van der Waals surface area contributed by atoms with Crippen LogP contribution in [0.5, 0.6) is 0 Å². The molecule has 0 atom stereocenters. The molecule has 3 rings (SSSR count). The number of benzene rings is 3. The van der Waals surface area contributed by atoms with Crippen molar-refractivity contribution < 1.29 is 13.9 Å². The zero-order chi connectivity index (χ0) is 15.5. The van der Waals surface area contributed by atoms with Gasteiger partial charge in [-0.05, 0) is 51.7 Å². The number of hydrogen-bond acceptors (Lipinski definition) is 2. The van der Waals surface area contributed by atoms with Gasteiger partial charge in [-0.3, -0.25) is 4.79 Å². The summed E-state index contributed by atoms with van der Waals surface area (Å²) in [6.45, 7) is 0. The van der Waals surface area contributed by atoms with Crippen molar-refractivity contribution >= 4 is 16.7 Å². The molecule has 0 fully saturated rings. The molecule has 0 aromatic heterocycles. The topological polar surface area (TPSA) is 26.3 Å². The Morgan fingerprint density at radius 2 is 1.77 bits per heavy atom. The summed E-state index contributed by atoms with van der Waals surface area (Å²) in [5.74, 6) is -0.599. The molecule has 0 bridgehead atoms. The first-order chi connectivity index (χ1) is 10.7. The summed E-state index contributed by atoms with van der Waals surface area (Å²) in [5, 5.41) is 1.65. The van der Waals surface area contributed by atoms with Crippen LogP contribution in [-0.4, -0.2) is 13.1 Å². The van der Waals surface area contributed by atoms with Gasteiger partial charge in [0.15, 0.2) is 0 Å². The number of rotatable bonds is 3. The third kappa shape index (κ3) is 2.84. The van der Waals surface area contributed by atoms with Crippen molar-refractivity contribution in [2.24, 2.45) is 0 Å². The number of hydrogen-bond donors (Lipinski definition) is 0. The first kappa shape index (κ1) is 14.3. The van der Waals surface area contributed by atoms with E-state index in [1.54, 1.807) is 6.07 Å². The largest absolute Gasteiger partial charge is 0.469 e. The van der Waals surface area contributed by atoms with Crippen LogP contribution in [0.15, 0.2) is 60.7 Å². The van der Waals surface area contributed by atoms with Gasteiger partial charge < -0.3 is 4.74 Å². The average Bonchev–Trinajstić information content (AvgIpc) is 2.55. The second-order valence-electron chi connectivity index (χ2n) is 5.12. The van der Waals surface area contributed by atoms with Gasteiger partial charge in [0, 0.05) is 0 Å². The van der Waals surface area contributed by atoms with E-state index < -0.39 is 0 Å². The molecule has 0 spiro atoms. The van der Waals surface area contributed by atoms with Crippen LogP contribution in [0, 0.1) is 5.82 Å². The number of methoxy groups -OCH3 is 1.